The number of thiol groups is 2. The molecule has 2 heterocycles. The molecule has 2 fully saturated rings. The Balaban J connectivity index is 1.64. The third kappa shape index (κ3) is 22.5. The zero-order valence-electron chi connectivity index (χ0n) is 49.2. The van der Waals surface area contributed by atoms with Gasteiger partial charge in [0.15, 0.2) is 5.96 Å². The Morgan fingerprint density at radius 2 is 1.22 bits per heavy atom. The minimum absolute atomic E-state index is 0.0224. The van der Waals surface area contributed by atoms with E-state index in [2.05, 4.69) is 67.5 Å². The van der Waals surface area contributed by atoms with E-state index in [4.69, 9.17) is 22.9 Å². The number of hydrogen-bond acceptors (Lipinski definition) is 17. The van der Waals surface area contributed by atoms with E-state index in [-0.39, 0.29) is 101 Å². The number of nitrogens with zero attached hydrogens (tertiary/aromatic N) is 3. The number of carbonyl (C=O) groups excluding carboxylic acids is 10. The number of aliphatic carboxylic acids is 1. The first-order valence-corrected chi connectivity index (χ1v) is 30.4. The minimum atomic E-state index is -1.55. The second-order valence-electron chi connectivity index (χ2n) is 21.8. The topological polar surface area (TPSA) is 456 Å². The van der Waals surface area contributed by atoms with E-state index in [1.54, 1.807) is 51.1 Å². The molecule has 2 aliphatic heterocycles. The van der Waals surface area contributed by atoms with Gasteiger partial charge in [0.25, 0.3) is 0 Å². The van der Waals surface area contributed by atoms with Gasteiger partial charge in [0.1, 0.15) is 60.1 Å². The number of carboxylic acids is 1. The van der Waals surface area contributed by atoms with Crippen LogP contribution in [0.2, 0.25) is 0 Å². The van der Waals surface area contributed by atoms with E-state index in [0.717, 1.165) is 4.90 Å². The molecular formula is C57H86N14O14S2. The number of hydrogen-bond donors (Lipinski definition) is 16. The number of primary amides is 1. The Kier molecular flexibility index (Phi) is 29.5. The summed E-state index contributed by atoms with van der Waals surface area (Å²) >= 11 is 8.14. The van der Waals surface area contributed by atoms with Crippen molar-refractivity contribution in [1.29, 1.82) is 0 Å². The van der Waals surface area contributed by atoms with Crippen molar-refractivity contribution >= 4 is 96.3 Å². The van der Waals surface area contributed by atoms with E-state index < -0.39 is 144 Å². The van der Waals surface area contributed by atoms with Crippen LogP contribution in [0.25, 0.3) is 0 Å². The molecule has 0 spiro atoms. The number of β-amino-alcohol motifs (C(OH)–C–C–N with tert-alkyl or cyclic N) is 1. The highest BCUT2D eigenvalue weighted by Gasteiger charge is 2.47. The largest absolute Gasteiger partial charge is 0.508 e. The van der Waals surface area contributed by atoms with Crippen molar-refractivity contribution < 1.29 is 68.1 Å². The third-order valence-corrected chi connectivity index (χ3v) is 15.7. The molecule has 28 nitrogen and oxygen atoms in total. The fourth-order valence-corrected chi connectivity index (χ4v) is 10.5. The summed E-state index contributed by atoms with van der Waals surface area (Å²) in [5.41, 5.74) is 23.3. The average molecular weight is 1260 g/mol. The number of phenols is 1. The first kappa shape index (κ1) is 71.8. The van der Waals surface area contributed by atoms with Gasteiger partial charge in [-0.2, -0.15) is 25.3 Å². The molecule has 0 saturated carbocycles. The summed E-state index contributed by atoms with van der Waals surface area (Å²) in [6, 6.07) is 1.14. The lowest BCUT2D eigenvalue weighted by molar-refractivity contribution is -0.148. The van der Waals surface area contributed by atoms with Gasteiger partial charge in [0, 0.05) is 51.1 Å². The number of amides is 10. The van der Waals surface area contributed by atoms with Gasteiger partial charge in [-0.1, -0.05) is 76.1 Å². The number of aliphatic hydroxyl groups is 1. The molecule has 0 aliphatic carbocycles. The summed E-state index contributed by atoms with van der Waals surface area (Å²) in [6.07, 6.45) is -1.06. The van der Waals surface area contributed by atoms with Crippen LogP contribution in [0.4, 0.5) is 0 Å². The lowest BCUT2D eigenvalue weighted by atomic mass is 9.97. The van der Waals surface area contributed by atoms with Crippen molar-refractivity contribution in [2.45, 2.75) is 171 Å². The third-order valence-electron chi connectivity index (χ3n) is 15.1. The highest BCUT2D eigenvalue weighted by atomic mass is 32.1. The number of guanidine groups is 1. The lowest BCUT2D eigenvalue weighted by Crippen LogP contribution is -2.61. The molecule has 0 radical (unpaired) electrons. The maximum absolute atomic E-state index is 15.1. The highest BCUT2D eigenvalue weighted by molar-refractivity contribution is 7.80. The first-order valence-electron chi connectivity index (χ1n) is 29.1. The van der Waals surface area contributed by atoms with E-state index >= 15 is 4.79 Å². The zero-order chi connectivity index (χ0) is 64.5. The van der Waals surface area contributed by atoms with Crippen LogP contribution < -0.4 is 60.2 Å². The van der Waals surface area contributed by atoms with Gasteiger partial charge in [0.05, 0.1) is 12.1 Å². The predicted octanol–water partition coefficient (Wildman–Crippen LogP) is -2.65. The number of benzene rings is 2. The fourth-order valence-electron chi connectivity index (χ4n) is 10.0. The van der Waals surface area contributed by atoms with Crippen LogP contribution in [0.3, 0.4) is 0 Å². The zero-order valence-corrected chi connectivity index (χ0v) is 51.0. The molecule has 0 bridgehead atoms. The number of carboxylic acid groups (broad SMARTS) is 1. The molecule has 2 saturated heterocycles. The summed E-state index contributed by atoms with van der Waals surface area (Å²) in [5.74, 6) is -10.0. The van der Waals surface area contributed by atoms with Crippen LogP contribution in [0.1, 0.15) is 103 Å². The normalized spacial score (nSPS) is 18.6. The maximum Gasteiger partial charge on any atom is 0.326 e. The van der Waals surface area contributed by atoms with Crippen LogP contribution in [-0.2, 0) is 65.6 Å². The molecule has 30 heteroatoms. The predicted molar refractivity (Wildman–Crippen MR) is 327 cm³/mol. The number of carbonyl (C=O) groups is 11. The minimum Gasteiger partial charge on any atom is -0.508 e. The van der Waals surface area contributed by atoms with Crippen molar-refractivity contribution in [3.8, 4) is 5.75 Å². The molecular weight excluding hydrogens is 1170 g/mol. The summed E-state index contributed by atoms with van der Waals surface area (Å²) in [7, 11) is 0. The monoisotopic (exact) mass is 1250 g/mol. The van der Waals surface area contributed by atoms with Crippen LogP contribution in [0.15, 0.2) is 59.6 Å². The maximum atomic E-state index is 15.1. The van der Waals surface area contributed by atoms with Crippen LogP contribution in [0, 0.1) is 5.92 Å². The summed E-state index contributed by atoms with van der Waals surface area (Å²) < 4.78 is 0. The number of aromatic hydroxyl groups is 1. The smallest absolute Gasteiger partial charge is 0.326 e. The molecule has 0 unspecified atom stereocenters. The molecule has 2 aromatic carbocycles. The molecule has 10 amide bonds. The Hall–Kier alpha value is -7.70. The average Bonchev–Trinajstić information content (AvgIpc) is 2.03. The molecule has 480 valence electrons. The molecule has 2 aromatic rings. The van der Waals surface area contributed by atoms with Gasteiger partial charge in [-0.25, -0.2) is 4.79 Å². The van der Waals surface area contributed by atoms with E-state index in [1.807, 2.05) is 0 Å². The molecule has 12 atom stereocenters. The molecule has 18 N–H and O–H groups in total. The molecule has 87 heavy (non-hydrogen) atoms. The second kappa shape index (κ2) is 35.8. The lowest BCUT2D eigenvalue weighted by Gasteiger charge is -2.34. The van der Waals surface area contributed by atoms with Gasteiger partial charge >= 0.3 is 5.97 Å². The van der Waals surface area contributed by atoms with Gasteiger partial charge in [-0.05, 0) is 79.9 Å². The number of phenolic OH excluding ortho intramolecular Hbond substituents is 1. The number of aliphatic hydroxyl groups excluding tert-OH is 1. The number of aliphatic imine (C=N–C) groups is 1. The number of rotatable bonds is 35. The quantitative estimate of drug-likeness (QED) is 0.0145. The number of nitrogens with one attached hydrogen (secondary N) is 7. The van der Waals surface area contributed by atoms with Crippen LogP contribution in [0.5, 0.6) is 5.75 Å². The SMILES string of the molecule is CCC[C@H](NC(=O)[C@@H](NC(=O)[C@@H]1C[C@@H](O)CN1C(=O)[C@@H]1CCCN1C(=O)[C@H](Cc1ccccc1)NC(=O)[C@H](Cc1ccc(O)cc1)NC(=O)[C@H](CCC(N)=O)NC(=O)[C@H](CCCN=C(N)N)NC(=O)[C@@H](N)CS)[C@@H](C)CC)C(=O)N[C@@H](CCS)C(=O)O. The Labute approximate surface area is 516 Å². The molecule has 0 aromatic heterocycles. The van der Waals surface area contributed by atoms with E-state index in [9.17, 15) is 63.3 Å². The fraction of sp³-hybridized carbons (Fsp3) is 0.579. The van der Waals surface area contributed by atoms with Crippen molar-refractivity contribution in [2.75, 3.05) is 31.1 Å². The van der Waals surface area contributed by atoms with E-state index in [0.29, 0.717) is 30.4 Å². The standard InChI is InChI=1S/C57H86N14O14S2/c1-4-11-37(48(76)66-40(22-25-86)56(84)85)65-53(81)46(31(3)5-2)69-52(80)44-28-35(73)29-71(44)55(83)43-15-10-24-70(43)54(82)42(27-32-12-7-6-8-13-32)68-51(79)41(26-33-16-18-34(72)19-17-33)67-50(78)39(20-21-45(59)74)64-49(77)38(14-9-23-62-57(60)61)63-47(75)36(58)30-87/h6-8,12-13,16-19,31,35-44,46,72-73,86-87H,4-5,9-11,14-15,20-30,58H2,1-3H3,(H2,59,74)(H,63,75)(H,64,77)(H,65,81)(H,66,76)(H,67,78)(H,68,79)(H,69,80)(H,84,85)(H4,60,61,62)/t31-,35+,36-,37-,38-,39-,40-,41-,42-,43-,44-,46-/m0/s1. The summed E-state index contributed by atoms with van der Waals surface area (Å²) in [4.78, 5) is 158. The van der Waals surface area contributed by atoms with Gasteiger partial charge < -0.3 is 85.3 Å². The molecule has 2 aliphatic rings. The van der Waals surface area contributed by atoms with E-state index in [1.165, 1.54) is 29.2 Å². The second-order valence-corrected chi connectivity index (χ2v) is 22.6. The van der Waals surface area contributed by atoms with Crippen molar-refractivity contribution in [3.63, 3.8) is 0 Å². The summed E-state index contributed by atoms with van der Waals surface area (Å²) in [5, 5.41) is 49.2. The summed E-state index contributed by atoms with van der Waals surface area (Å²) in [6.45, 7) is 5.03. The highest BCUT2D eigenvalue weighted by Crippen LogP contribution is 2.27. The van der Waals surface area contributed by atoms with Gasteiger partial charge in [-0.15, -0.1) is 0 Å². The van der Waals surface area contributed by atoms with Crippen molar-refractivity contribution in [1.82, 2.24) is 47.0 Å². The van der Waals surface area contributed by atoms with Gasteiger partial charge in [-0.3, -0.25) is 52.9 Å². The Morgan fingerprint density at radius 1 is 0.667 bits per heavy atom. The van der Waals surface area contributed by atoms with Crippen LogP contribution in [-0.4, -0.2) is 194 Å². The van der Waals surface area contributed by atoms with Crippen LogP contribution >= 0.6 is 25.3 Å². The molecule has 4 rings (SSSR count). The first-order chi connectivity index (χ1) is 41.3. The van der Waals surface area contributed by atoms with Gasteiger partial charge in [0.2, 0.25) is 59.1 Å². The van der Waals surface area contributed by atoms with Crippen molar-refractivity contribution in [3.05, 3.63) is 65.7 Å². The number of likely N-dealkylation sites (tertiary alicyclic amines) is 2. The number of nitrogens with two attached hydrogens (primary N) is 4. The Morgan fingerprint density at radius 3 is 1.80 bits per heavy atom. The Bertz CT molecular complexity index is 2730. The van der Waals surface area contributed by atoms with Crippen molar-refractivity contribution in [2.24, 2.45) is 33.8 Å².